The number of benzene rings is 1. The van der Waals surface area contributed by atoms with Crippen molar-refractivity contribution in [1.29, 1.82) is 10.8 Å². The molecule has 6 nitrogen and oxygen atoms in total. The van der Waals surface area contributed by atoms with Crippen molar-refractivity contribution < 1.29 is 4.74 Å². The summed E-state index contributed by atoms with van der Waals surface area (Å²) in [6, 6.07) is 7.87. The van der Waals surface area contributed by atoms with Crippen LogP contribution < -0.4 is 10.1 Å². The Kier molecular flexibility index (Phi) is 5.92. The van der Waals surface area contributed by atoms with E-state index in [-0.39, 0.29) is 17.1 Å². The van der Waals surface area contributed by atoms with Crippen LogP contribution in [0.1, 0.15) is 46.1 Å². The summed E-state index contributed by atoms with van der Waals surface area (Å²) >= 11 is 1.16. The van der Waals surface area contributed by atoms with E-state index < -0.39 is 0 Å². The molecule has 1 aromatic heterocycles. The van der Waals surface area contributed by atoms with Crippen LogP contribution in [0.15, 0.2) is 30.5 Å². The van der Waals surface area contributed by atoms with Gasteiger partial charge in [0.15, 0.2) is 5.17 Å². The highest BCUT2D eigenvalue weighted by molar-refractivity contribution is 8.26. The molecule has 1 aliphatic heterocycles. The number of nitrogens with one attached hydrogen (secondary N) is 3. The minimum Gasteiger partial charge on any atom is -0.496 e. The zero-order valence-corrected chi connectivity index (χ0v) is 18.9. The van der Waals surface area contributed by atoms with Crippen molar-refractivity contribution in [3.63, 3.8) is 0 Å². The van der Waals surface area contributed by atoms with E-state index in [0.717, 1.165) is 35.5 Å². The van der Waals surface area contributed by atoms with Crippen LogP contribution in [0.2, 0.25) is 0 Å². The molecule has 0 amide bonds. The average molecular weight is 414 g/mol. The molecule has 0 aliphatic carbocycles. The van der Waals surface area contributed by atoms with E-state index in [1.165, 1.54) is 0 Å². The summed E-state index contributed by atoms with van der Waals surface area (Å²) in [5, 5.41) is 22.6. The second kappa shape index (κ2) is 7.95. The van der Waals surface area contributed by atoms with E-state index >= 15 is 0 Å². The van der Waals surface area contributed by atoms with E-state index in [4.69, 9.17) is 15.6 Å². The second-order valence-corrected chi connectivity index (χ2v) is 10.0. The van der Waals surface area contributed by atoms with Crippen LogP contribution in [0.25, 0.3) is 10.9 Å². The molecule has 2 heterocycles. The van der Waals surface area contributed by atoms with Crippen LogP contribution in [-0.2, 0) is 0 Å². The maximum atomic E-state index is 8.63. The van der Waals surface area contributed by atoms with E-state index in [2.05, 4.69) is 38.0 Å². The van der Waals surface area contributed by atoms with E-state index in [1.54, 1.807) is 13.3 Å². The molecule has 2 aromatic rings. The summed E-state index contributed by atoms with van der Waals surface area (Å²) in [5.74, 6) is 0.605. The molecule has 1 aromatic carbocycles. The van der Waals surface area contributed by atoms with Crippen molar-refractivity contribution in [2.24, 2.45) is 0 Å². The zero-order chi connectivity index (χ0) is 21.4. The lowest BCUT2D eigenvalue weighted by atomic mass is 9.79. The smallest absolute Gasteiger partial charge is 0.162 e. The third kappa shape index (κ3) is 4.90. The highest BCUT2D eigenvalue weighted by Crippen LogP contribution is 2.33. The van der Waals surface area contributed by atoms with Gasteiger partial charge in [-0.15, -0.1) is 0 Å². The summed E-state index contributed by atoms with van der Waals surface area (Å²) < 4.78 is 5.50. The molecule has 3 N–H and O–H groups in total. The number of methoxy groups -OCH3 is 1. The lowest BCUT2D eigenvalue weighted by Gasteiger charge is -2.49. The van der Waals surface area contributed by atoms with Crippen LogP contribution in [0, 0.1) is 10.8 Å². The molecular formula is C22H31N5OS. The standard InChI is InChI=1S/C22H31N5OS/c1-21(2)12-15(13-22(3,4)26-21)27(5)20(24)29-19(23)16-10-14-8-7-9-25-17(14)11-18(16)28-6/h7-11,15,23-24,26H,12-13H2,1-6H3. The number of rotatable bonds is 3. The largest absolute Gasteiger partial charge is 0.496 e. The molecule has 3 rings (SSSR count). The van der Waals surface area contributed by atoms with Gasteiger partial charge in [-0.25, -0.2) is 0 Å². The third-order valence-corrected chi connectivity index (χ3v) is 6.31. The van der Waals surface area contributed by atoms with Gasteiger partial charge in [-0.1, -0.05) is 6.07 Å². The molecule has 0 saturated carbocycles. The highest BCUT2D eigenvalue weighted by atomic mass is 32.2. The van der Waals surface area contributed by atoms with Crippen LogP contribution in [0.5, 0.6) is 5.75 Å². The molecule has 0 spiro atoms. The molecular weight excluding hydrogens is 382 g/mol. The summed E-state index contributed by atoms with van der Waals surface area (Å²) in [6.45, 7) is 8.84. The lowest BCUT2D eigenvalue weighted by molar-refractivity contribution is 0.114. The van der Waals surface area contributed by atoms with Gasteiger partial charge in [0.05, 0.1) is 12.6 Å². The molecule has 29 heavy (non-hydrogen) atoms. The van der Waals surface area contributed by atoms with E-state index in [1.807, 2.05) is 36.2 Å². The Bertz CT molecular complexity index is 924. The summed E-state index contributed by atoms with van der Waals surface area (Å²) in [7, 11) is 3.56. The van der Waals surface area contributed by atoms with E-state index in [9.17, 15) is 0 Å². The van der Waals surface area contributed by atoms with Gasteiger partial charge >= 0.3 is 0 Å². The summed E-state index contributed by atoms with van der Waals surface area (Å²) in [5.41, 5.74) is 1.53. The van der Waals surface area contributed by atoms with Crippen molar-refractivity contribution in [2.45, 2.75) is 57.7 Å². The molecule has 1 saturated heterocycles. The number of hydrogen-bond donors (Lipinski definition) is 3. The van der Waals surface area contributed by atoms with Gasteiger partial charge in [-0.3, -0.25) is 15.8 Å². The number of hydrogen-bond acceptors (Lipinski definition) is 6. The number of nitrogens with zero attached hydrogens (tertiary/aromatic N) is 2. The number of fused-ring (bicyclic) bond motifs is 1. The number of piperidine rings is 1. The fraction of sp³-hybridized carbons (Fsp3) is 0.500. The van der Waals surface area contributed by atoms with Crippen molar-refractivity contribution in [2.75, 3.05) is 14.2 Å². The maximum Gasteiger partial charge on any atom is 0.162 e. The Balaban J connectivity index is 1.78. The minimum atomic E-state index is 0.00764. The fourth-order valence-corrected chi connectivity index (χ4v) is 5.14. The number of pyridine rings is 1. The minimum absolute atomic E-state index is 0.00764. The predicted molar refractivity (Wildman–Crippen MR) is 123 cm³/mol. The Labute approximate surface area is 177 Å². The van der Waals surface area contributed by atoms with Gasteiger partial charge in [0, 0.05) is 47.4 Å². The van der Waals surface area contributed by atoms with Gasteiger partial charge in [-0.05, 0) is 64.4 Å². The molecule has 0 atom stereocenters. The van der Waals surface area contributed by atoms with Gasteiger partial charge in [0.2, 0.25) is 0 Å². The number of aromatic nitrogens is 1. The van der Waals surface area contributed by atoms with E-state index in [0.29, 0.717) is 21.5 Å². The van der Waals surface area contributed by atoms with Crippen molar-refractivity contribution in [1.82, 2.24) is 15.2 Å². The maximum absolute atomic E-state index is 8.63. The first-order valence-corrected chi connectivity index (χ1v) is 10.6. The monoisotopic (exact) mass is 413 g/mol. The Morgan fingerprint density at radius 2 is 1.86 bits per heavy atom. The van der Waals surface area contributed by atoms with Crippen molar-refractivity contribution >= 4 is 32.9 Å². The predicted octanol–water partition coefficient (Wildman–Crippen LogP) is 4.48. The molecule has 0 bridgehead atoms. The molecule has 0 radical (unpaired) electrons. The van der Waals surface area contributed by atoms with Crippen molar-refractivity contribution in [3.8, 4) is 5.75 Å². The van der Waals surface area contributed by atoms with Crippen LogP contribution >= 0.6 is 11.8 Å². The normalized spacial score (nSPS) is 18.4. The first-order chi connectivity index (χ1) is 13.5. The number of thioether (sulfide) groups is 1. The first kappa shape index (κ1) is 21.6. The number of amidine groups is 1. The second-order valence-electron chi connectivity index (χ2n) is 9.05. The lowest BCUT2D eigenvalue weighted by Crippen LogP contribution is -2.62. The van der Waals surface area contributed by atoms with Gasteiger partial charge in [0.25, 0.3) is 0 Å². The van der Waals surface area contributed by atoms with Gasteiger partial charge in [-0.2, -0.15) is 0 Å². The Hall–Kier alpha value is -2.12. The van der Waals surface area contributed by atoms with Gasteiger partial charge in [0.1, 0.15) is 10.8 Å². The summed E-state index contributed by atoms with van der Waals surface area (Å²) in [6.07, 6.45) is 3.65. The SMILES string of the molecule is COc1cc2ncccc2cc1C(=N)SC(=N)N(C)C1CC(C)(C)NC(C)(C)C1. The van der Waals surface area contributed by atoms with Gasteiger partial charge < -0.3 is 15.0 Å². The van der Waals surface area contributed by atoms with Crippen LogP contribution in [0.3, 0.4) is 0 Å². The topological polar surface area (TPSA) is 85.1 Å². The molecule has 1 aliphatic rings. The molecule has 7 heteroatoms. The quantitative estimate of drug-likeness (QED) is 0.510. The third-order valence-electron chi connectivity index (χ3n) is 5.40. The first-order valence-electron chi connectivity index (χ1n) is 9.82. The Morgan fingerprint density at radius 3 is 2.48 bits per heavy atom. The molecule has 156 valence electrons. The highest BCUT2D eigenvalue weighted by Gasteiger charge is 2.39. The van der Waals surface area contributed by atoms with Crippen LogP contribution in [0.4, 0.5) is 0 Å². The average Bonchev–Trinajstić information content (AvgIpc) is 2.63. The molecule has 1 fully saturated rings. The Morgan fingerprint density at radius 1 is 1.21 bits per heavy atom. The number of ether oxygens (including phenoxy) is 1. The molecule has 0 unspecified atom stereocenters. The summed E-state index contributed by atoms with van der Waals surface area (Å²) in [4.78, 5) is 6.37. The fourth-order valence-electron chi connectivity index (χ4n) is 4.38. The van der Waals surface area contributed by atoms with Crippen LogP contribution in [-0.4, -0.2) is 51.4 Å². The van der Waals surface area contributed by atoms with Crippen molar-refractivity contribution in [3.05, 3.63) is 36.0 Å². The zero-order valence-electron chi connectivity index (χ0n) is 18.1.